The standard InChI is InChI=1S/C18H27N5O2S2/c1-2-12-26-18-21-20-17(27-18)19-15(24)6-7-16(25)23-9-3-8-22(10-11-23)13-14-4-5-14/h2,14H,1,3-13H2,(H,19,20,24). The van der Waals surface area contributed by atoms with Crippen LogP contribution in [0, 0.1) is 5.92 Å². The first kappa shape index (κ1) is 20.3. The molecule has 1 N–H and O–H groups in total. The van der Waals surface area contributed by atoms with Crippen molar-refractivity contribution in [1.82, 2.24) is 20.0 Å². The van der Waals surface area contributed by atoms with E-state index >= 15 is 0 Å². The number of carbonyl (C=O) groups is 2. The molecule has 148 valence electrons. The van der Waals surface area contributed by atoms with Crippen LogP contribution < -0.4 is 5.32 Å². The van der Waals surface area contributed by atoms with Gasteiger partial charge in [0.05, 0.1) is 0 Å². The summed E-state index contributed by atoms with van der Waals surface area (Å²) in [6, 6.07) is 0. The van der Waals surface area contributed by atoms with Gasteiger partial charge in [0.25, 0.3) is 0 Å². The molecule has 9 heteroatoms. The quantitative estimate of drug-likeness (QED) is 0.384. The fraction of sp³-hybridized carbons (Fsp3) is 0.667. The van der Waals surface area contributed by atoms with Crippen molar-refractivity contribution >= 4 is 40.0 Å². The Morgan fingerprint density at radius 3 is 2.85 bits per heavy atom. The van der Waals surface area contributed by atoms with Crippen molar-refractivity contribution in [3.8, 4) is 0 Å². The summed E-state index contributed by atoms with van der Waals surface area (Å²) in [6.45, 7) is 8.43. The molecule has 27 heavy (non-hydrogen) atoms. The number of rotatable bonds is 9. The summed E-state index contributed by atoms with van der Waals surface area (Å²) < 4.78 is 0.793. The van der Waals surface area contributed by atoms with E-state index < -0.39 is 0 Å². The van der Waals surface area contributed by atoms with Crippen LogP contribution in [0.3, 0.4) is 0 Å². The highest BCUT2D eigenvalue weighted by molar-refractivity contribution is 8.01. The van der Waals surface area contributed by atoms with Gasteiger partial charge in [-0.15, -0.1) is 16.8 Å². The topological polar surface area (TPSA) is 78.4 Å². The zero-order valence-corrected chi connectivity index (χ0v) is 17.2. The molecule has 7 nitrogen and oxygen atoms in total. The first-order valence-corrected chi connectivity index (χ1v) is 11.3. The molecular weight excluding hydrogens is 382 g/mol. The van der Waals surface area contributed by atoms with E-state index in [9.17, 15) is 9.59 Å². The first-order chi connectivity index (χ1) is 13.1. The van der Waals surface area contributed by atoms with E-state index in [0.29, 0.717) is 5.13 Å². The second kappa shape index (κ2) is 10.2. The fourth-order valence-electron chi connectivity index (χ4n) is 3.08. The van der Waals surface area contributed by atoms with Gasteiger partial charge < -0.3 is 15.1 Å². The minimum absolute atomic E-state index is 0.0675. The summed E-state index contributed by atoms with van der Waals surface area (Å²) in [6.07, 6.45) is 5.94. The minimum Gasteiger partial charge on any atom is -0.341 e. The predicted octanol–water partition coefficient (Wildman–Crippen LogP) is 2.48. The molecule has 1 aliphatic heterocycles. The molecule has 3 rings (SSSR count). The van der Waals surface area contributed by atoms with Crippen molar-refractivity contribution in [1.29, 1.82) is 0 Å². The number of nitrogens with zero attached hydrogens (tertiary/aromatic N) is 4. The van der Waals surface area contributed by atoms with Gasteiger partial charge in [0.1, 0.15) is 0 Å². The van der Waals surface area contributed by atoms with E-state index in [0.717, 1.165) is 48.6 Å². The lowest BCUT2D eigenvalue weighted by atomic mass is 10.2. The van der Waals surface area contributed by atoms with Crippen LogP contribution in [0.4, 0.5) is 5.13 Å². The van der Waals surface area contributed by atoms with Gasteiger partial charge in [0, 0.05) is 44.8 Å². The summed E-state index contributed by atoms with van der Waals surface area (Å²) in [5.41, 5.74) is 0. The predicted molar refractivity (Wildman–Crippen MR) is 109 cm³/mol. The van der Waals surface area contributed by atoms with E-state index in [2.05, 4.69) is 27.0 Å². The summed E-state index contributed by atoms with van der Waals surface area (Å²) in [5, 5.41) is 11.2. The van der Waals surface area contributed by atoms with Crippen molar-refractivity contribution in [3.63, 3.8) is 0 Å². The minimum atomic E-state index is -0.190. The lowest BCUT2D eigenvalue weighted by Gasteiger charge is -2.21. The van der Waals surface area contributed by atoms with Crippen LogP contribution in [0.5, 0.6) is 0 Å². The molecule has 0 unspecified atom stereocenters. The number of hydrogen-bond donors (Lipinski definition) is 1. The van der Waals surface area contributed by atoms with E-state index in [-0.39, 0.29) is 24.7 Å². The monoisotopic (exact) mass is 409 g/mol. The maximum absolute atomic E-state index is 12.5. The lowest BCUT2D eigenvalue weighted by molar-refractivity contribution is -0.132. The number of anilines is 1. The molecule has 1 saturated heterocycles. The van der Waals surface area contributed by atoms with Gasteiger partial charge in [-0.25, -0.2) is 0 Å². The van der Waals surface area contributed by atoms with E-state index in [1.165, 1.54) is 42.5 Å². The highest BCUT2D eigenvalue weighted by atomic mass is 32.2. The van der Waals surface area contributed by atoms with Crippen molar-refractivity contribution in [3.05, 3.63) is 12.7 Å². The van der Waals surface area contributed by atoms with Gasteiger partial charge in [-0.05, 0) is 31.7 Å². The van der Waals surface area contributed by atoms with Gasteiger partial charge in [-0.3, -0.25) is 9.59 Å². The molecule has 0 atom stereocenters. The number of amides is 2. The third-order valence-electron chi connectivity index (χ3n) is 4.70. The third kappa shape index (κ3) is 6.90. The maximum Gasteiger partial charge on any atom is 0.226 e. The molecule has 1 aromatic rings. The second-order valence-electron chi connectivity index (χ2n) is 7.00. The van der Waals surface area contributed by atoms with Gasteiger partial charge >= 0.3 is 0 Å². The van der Waals surface area contributed by atoms with Crippen LogP contribution in [0.25, 0.3) is 0 Å². The Morgan fingerprint density at radius 2 is 2.07 bits per heavy atom. The Morgan fingerprint density at radius 1 is 1.22 bits per heavy atom. The normalized spacial score (nSPS) is 18.1. The first-order valence-electron chi connectivity index (χ1n) is 9.51. The Hall–Kier alpha value is -1.45. The summed E-state index contributed by atoms with van der Waals surface area (Å²) >= 11 is 2.86. The Labute approximate surface area is 168 Å². The zero-order chi connectivity index (χ0) is 19.1. The van der Waals surface area contributed by atoms with E-state index in [1.54, 1.807) is 6.08 Å². The molecular formula is C18H27N5O2S2. The molecule has 0 bridgehead atoms. The highest BCUT2D eigenvalue weighted by Gasteiger charge is 2.26. The molecule has 1 aromatic heterocycles. The van der Waals surface area contributed by atoms with Gasteiger partial charge in [-0.1, -0.05) is 29.2 Å². The van der Waals surface area contributed by atoms with Crippen molar-refractivity contribution in [2.75, 3.05) is 43.8 Å². The largest absolute Gasteiger partial charge is 0.341 e. The molecule has 0 spiro atoms. The molecule has 2 aliphatic rings. The van der Waals surface area contributed by atoms with Crippen LogP contribution in [0.15, 0.2) is 17.0 Å². The Kier molecular flexibility index (Phi) is 7.66. The van der Waals surface area contributed by atoms with E-state index in [1.807, 2.05) is 4.90 Å². The Bertz CT molecular complexity index is 662. The van der Waals surface area contributed by atoms with Crippen molar-refractivity contribution < 1.29 is 9.59 Å². The van der Waals surface area contributed by atoms with Gasteiger partial charge in [0.2, 0.25) is 16.9 Å². The summed E-state index contributed by atoms with van der Waals surface area (Å²) in [7, 11) is 0. The second-order valence-corrected chi connectivity index (χ2v) is 9.24. The summed E-state index contributed by atoms with van der Waals surface area (Å²) in [4.78, 5) is 29.0. The molecule has 0 aromatic carbocycles. The zero-order valence-electron chi connectivity index (χ0n) is 15.6. The Balaban J connectivity index is 1.37. The van der Waals surface area contributed by atoms with E-state index in [4.69, 9.17) is 0 Å². The van der Waals surface area contributed by atoms with Crippen LogP contribution in [-0.2, 0) is 9.59 Å². The maximum atomic E-state index is 12.5. The van der Waals surface area contributed by atoms with Gasteiger partial charge in [-0.2, -0.15) is 0 Å². The number of aromatic nitrogens is 2. The number of hydrogen-bond acceptors (Lipinski definition) is 7. The van der Waals surface area contributed by atoms with Crippen LogP contribution in [-0.4, -0.2) is 70.3 Å². The average molecular weight is 410 g/mol. The number of thioether (sulfide) groups is 1. The average Bonchev–Trinajstić information content (AvgIpc) is 3.42. The number of nitrogens with one attached hydrogen (secondary N) is 1. The molecule has 1 saturated carbocycles. The third-order valence-corrected chi connectivity index (χ3v) is 6.67. The van der Waals surface area contributed by atoms with Crippen molar-refractivity contribution in [2.24, 2.45) is 5.92 Å². The molecule has 2 fully saturated rings. The lowest BCUT2D eigenvalue weighted by Crippen LogP contribution is -2.36. The number of carbonyl (C=O) groups excluding carboxylic acids is 2. The molecule has 2 heterocycles. The molecule has 2 amide bonds. The molecule has 1 aliphatic carbocycles. The van der Waals surface area contributed by atoms with Gasteiger partial charge in [0.15, 0.2) is 4.34 Å². The van der Waals surface area contributed by atoms with Crippen LogP contribution >= 0.6 is 23.1 Å². The molecule has 0 radical (unpaired) electrons. The van der Waals surface area contributed by atoms with Crippen LogP contribution in [0.1, 0.15) is 32.1 Å². The SMILES string of the molecule is C=CCSc1nnc(NC(=O)CCC(=O)N2CCCN(CC3CC3)CC2)s1. The highest BCUT2D eigenvalue weighted by Crippen LogP contribution is 2.30. The smallest absolute Gasteiger partial charge is 0.226 e. The fourth-order valence-corrected chi connectivity index (χ4v) is 4.61. The van der Waals surface area contributed by atoms with Crippen LogP contribution in [0.2, 0.25) is 0 Å². The van der Waals surface area contributed by atoms with Crippen molar-refractivity contribution in [2.45, 2.75) is 36.4 Å². The summed E-state index contributed by atoms with van der Waals surface area (Å²) in [5.74, 6) is 1.51.